The minimum absolute atomic E-state index is 0.168. The summed E-state index contributed by atoms with van der Waals surface area (Å²) in [4.78, 5) is 54.0. The number of esters is 1. The number of thioether (sulfide) groups is 1. The smallest absolute Gasteiger partial charge is 0.326 e. The number of amides is 2. The molecule has 1 saturated heterocycles. The van der Waals surface area contributed by atoms with Gasteiger partial charge in [-0.15, -0.1) is 0 Å². The van der Waals surface area contributed by atoms with Crippen molar-refractivity contribution in [3.05, 3.63) is 77.6 Å². The van der Waals surface area contributed by atoms with E-state index in [-0.39, 0.29) is 23.2 Å². The molecule has 3 atom stereocenters. The van der Waals surface area contributed by atoms with Crippen LogP contribution < -0.4 is 9.77 Å². The van der Waals surface area contributed by atoms with Crippen molar-refractivity contribution in [2.75, 3.05) is 11.5 Å². The molecule has 0 spiro atoms. The molecule has 2 aliphatic heterocycles. The number of halogens is 3. The highest BCUT2D eigenvalue weighted by Gasteiger charge is 2.57. The Morgan fingerprint density at radius 3 is 2.44 bits per heavy atom. The molecule has 0 saturated carbocycles. The van der Waals surface area contributed by atoms with Gasteiger partial charge in [-0.1, -0.05) is 70.0 Å². The van der Waals surface area contributed by atoms with Gasteiger partial charge in [-0.05, 0) is 42.8 Å². The molecule has 1 fully saturated rings. The number of imide groups is 1. The van der Waals surface area contributed by atoms with Crippen molar-refractivity contribution in [2.24, 2.45) is 5.92 Å². The van der Waals surface area contributed by atoms with Crippen LogP contribution in [0.15, 0.2) is 52.3 Å². The number of carbonyl (C=O) groups excluding carboxylic acids is 3. The standard InChI is InChI=1S/C24H17Cl3N2O5S2/c1-2-34-15(30)10-28-23-20(36-24(28)33)16(13-4-3-5-14(26)18(13)27)17-19(35-23)22(32)29(21(17)31)12-8-6-11(25)7-9-12/h3-9,16-17,19H,2,10H2,1H3/t16-,17-,19+/m0/s1. The van der Waals surface area contributed by atoms with Crippen LogP contribution in [0.1, 0.15) is 23.3 Å². The van der Waals surface area contributed by atoms with Crippen molar-refractivity contribution in [2.45, 2.75) is 29.7 Å². The summed E-state index contributed by atoms with van der Waals surface area (Å²) in [5.41, 5.74) is 0.928. The Labute approximate surface area is 228 Å². The number of nitrogens with zero attached hydrogens (tertiary/aromatic N) is 2. The van der Waals surface area contributed by atoms with Crippen molar-refractivity contribution in [3.63, 3.8) is 0 Å². The lowest BCUT2D eigenvalue weighted by Crippen LogP contribution is -2.33. The molecule has 0 aliphatic carbocycles. The molecule has 3 aromatic rings. The third kappa shape index (κ3) is 4.16. The largest absolute Gasteiger partial charge is 0.465 e. The molecule has 12 heteroatoms. The highest BCUT2D eigenvalue weighted by Crippen LogP contribution is 2.55. The molecule has 2 aliphatic rings. The van der Waals surface area contributed by atoms with Crippen LogP contribution in [0.2, 0.25) is 15.1 Å². The maximum absolute atomic E-state index is 13.8. The Morgan fingerprint density at radius 1 is 1.03 bits per heavy atom. The van der Waals surface area contributed by atoms with Crippen LogP contribution in [0.4, 0.5) is 5.69 Å². The van der Waals surface area contributed by atoms with Gasteiger partial charge in [0.2, 0.25) is 11.8 Å². The van der Waals surface area contributed by atoms with E-state index in [1.165, 1.54) is 4.57 Å². The summed E-state index contributed by atoms with van der Waals surface area (Å²) >= 11 is 20.9. The molecule has 2 aromatic carbocycles. The zero-order valence-corrected chi connectivity index (χ0v) is 22.5. The topological polar surface area (TPSA) is 85.7 Å². The van der Waals surface area contributed by atoms with E-state index in [1.807, 2.05) is 0 Å². The van der Waals surface area contributed by atoms with E-state index < -0.39 is 39.7 Å². The normalized spacial score (nSPS) is 20.9. The Hall–Kier alpha value is -2.30. The molecule has 0 radical (unpaired) electrons. The molecule has 5 rings (SSSR count). The molecule has 1 aromatic heterocycles. The monoisotopic (exact) mass is 582 g/mol. The second-order valence-electron chi connectivity index (χ2n) is 8.10. The number of hydrogen-bond acceptors (Lipinski definition) is 7. The molecule has 3 heterocycles. The van der Waals surface area contributed by atoms with Crippen LogP contribution in [-0.2, 0) is 25.7 Å². The van der Waals surface area contributed by atoms with Gasteiger partial charge in [0.25, 0.3) is 0 Å². The van der Waals surface area contributed by atoms with Gasteiger partial charge in [0.1, 0.15) is 11.8 Å². The lowest BCUT2D eigenvalue weighted by molar-refractivity contribution is -0.144. The third-order valence-electron chi connectivity index (χ3n) is 6.04. The van der Waals surface area contributed by atoms with Crippen molar-refractivity contribution in [1.82, 2.24) is 4.57 Å². The van der Waals surface area contributed by atoms with Crippen LogP contribution in [0, 0.1) is 5.92 Å². The lowest BCUT2D eigenvalue weighted by atomic mass is 9.83. The number of benzene rings is 2. The van der Waals surface area contributed by atoms with Crippen molar-refractivity contribution in [1.29, 1.82) is 0 Å². The van der Waals surface area contributed by atoms with E-state index in [4.69, 9.17) is 39.5 Å². The van der Waals surface area contributed by atoms with Crippen molar-refractivity contribution < 1.29 is 19.1 Å². The van der Waals surface area contributed by atoms with Gasteiger partial charge in [0, 0.05) is 15.8 Å². The van der Waals surface area contributed by atoms with Gasteiger partial charge < -0.3 is 4.74 Å². The summed E-state index contributed by atoms with van der Waals surface area (Å²) in [5, 5.41) is 0.597. The fourth-order valence-corrected chi connectivity index (χ4v) is 7.85. The first-order valence-electron chi connectivity index (χ1n) is 10.9. The molecule has 0 unspecified atom stereocenters. The molecule has 0 N–H and O–H groups in total. The Balaban J connectivity index is 1.68. The van der Waals surface area contributed by atoms with Crippen LogP contribution in [0.5, 0.6) is 0 Å². The quantitative estimate of drug-likeness (QED) is 0.302. The zero-order chi connectivity index (χ0) is 25.7. The number of anilines is 1. The van der Waals surface area contributed by atoms with Gasteiger partial charge in [-0.25, -0.2) is 4.90 Å². The molecule has 7 nitrogen and oxygen atoms in total. The number of fused-ring (bicyclic) bond motifs is 2. The summed E-state index contributed by atoms with van der Waals surface area (Å²) in [7, 11) is 0. The Bertz CT molecular complexity index is 1450. The minimum Gasteiger partial charge on any atom is -0.465 e. The maximum Gasteiger partial charge on any atom is 0.326 e. The minimum atomic E-state index is -0.844. The van der Waals surface area contributed by atoms with Gasteiger partial charge in [-0.2, -0.15) is 0 Å². The maximum atomic E-state index is 13.8. The summed E-state index contributed by atoms with van der Waals surface area (Å²) < 4.78 is 6.33. The van der Waals surface area contributed by atoms with Crippen molar-refractivity contribution in [3.8, 4) is 0 Å². The number of carbonyl (C=O) groups is 3. The van der Waals surface area contributed by atoms with Crippen LogP contribution in [0.3, 0.4) is 0 Å². The summed E-state index contributed by atoms with van der Waals surface area (Å²) in [6.07, 6.45) is 0. The van der Waals surface area contributed by atoms with Gasteiger partial charge in [0.15, 0.2) is 0 Å². The summed E-state index contributed by atoms with van der Waals surface area (Å²) in [5.74, 6) is -2.96. The van der Waals surface area contributed by atoms with Crippen LogP contribution in [0.25, 0.3) is 0 Å². The SMILES string of the molecule is CCOC(=O)Cn1c2c(sc1=O)[C@@H](c1cccc(Cl)c1Cl)[C@@H]1C(=O)N(c3ccc(Cl)cc3)C(=O)[C@@H]1S2. The van der Waals surface area contributed by atoms with Crippen molar-refractivity contribution >= 4 is 81.4 Å². The first-order chi connectivity index (χ1) is 17.2. The average molecular weight is 584 g/mol. The van der Waals surface area contributed by atoms with E-state index in [2.05, 4.69) is 0 Å². The predicted molar refractivity (Wildman–Crippen MR) is 141 cm³/mol. The molecular weight excluding hydrogens is 567 g/mol. The van der Waals surface area contributed by atoms with Crippen LogP contribution in [-0.4, -0.2) is 34.2 Å². The number of thiazole rings is 1. The first kappa shape index (κ1) is 25.4. The third-order valence-corrected chi connectivity index (χ3v) is 9.73. The first-order valence-corrected chi connectivity index (χ1v) is 13.7. The van der Waals surface area contributed by atoms with Crippen LogP contribution >= 0.6 is 57.9 Å². The zero-order valence-electron chi connectivity index (χ0n) is 18.6. The molecule has 2 amide bonds. The summed E-state index contributed by atoms with van der Waals surface area (Å²) in [6.45, 7) is 1.54. The van der Waals surface area contributed by atoms with Gasteiger partial charge in [-0.3, -0.25) is 23.7 Å². The number of aromatic nitrogens is 1. The van der Waals surface area contributed by atoms with E-state index in [1.54, 1.807) is 49.4 Å². The van der Waals surface area contributed by atoms with Gasteiger partial charge >= 0.3 is 10.8 Å². The highest BCUT2D eigenvalue weighted by molar-refractivity contribution is 8.00. The van der Waals surface area contributed by atoms with E-state index in [0.29, 0.717) is 26.2 Å². The Kier molecular flexibility index (Phi) is 6.95. The van der Waals surface area contributed by atoms with E-state index in [9.17, 15) is 19.2 Å². The van der Waals surface area contributed by atoms with Gasteiger partial charge in [0.05, 0.1) is 33.3 Å². The molecular formula is C24H17Cl3N2O5S2. The average Bonchev–Trinajstić information content (AvgIpc) is 3.28. The predicted octanol–water partition coefficient (Wildman–Crippen LogP) is 5.23. The lowest BCUT2D eigenvalue weighted by Gasteiger charge is -2.31. The fourth-order valence-electron chi connectivity index (χ4n) is 4.53. The fraction of sp³-hybridized carbons (Fsp3) is 0.250. The molecule has 0 bridgehead atoms. The van der Waals surface area contributed by atoms with E-state index in [0.717, 1.165) is 28.0 Å². The number of ether oxygens (including phenoxy) is 1. The molecule has 36 heavy (non-hydrogen) atoms. The number of rotatable bonds is 5. The number of hydrogen-bond donors (Lipinski definition) is 0. The highest BCUT2D eigenvalue weighted by atomic mass is 35.5. The second-order valence-corrected chi connectivity index (χ2v) is 11.4. The Morgan fingerprint density at radius 2 is 1.75 bits per heavy atom. The summed E-state index contributed by atoms with van der Waals surface area (Å²) in [6, 6.07) is 11.5. The van der Waals surface area contributed by atoms with E-state index >= 15 is 0 Å². The second kappa shape index (κ2) is 9.87. The molecule has 186 valence electrons.